The maximum atomic E-state index is 5.52. The Morgan fingerprint density at radius 3 is 2.55 bits per heavy atom. The van der Waals surface area contributed by atoms with Crippen molar-refractivity contribution < 1.29 is 9.26 Å². The summed E-state index contributed by atoms with van der Waals surface area (Å²) in [5.41, 5.74) is 3.24. The second-order valence-corrected chi connectivity index (χ2v) is 5.37. The third kappa shape index (κ3) is 2.70. The lowest BCUT2D eigenvalue weighted by Crippen LogP contribution is -2.14. The lowest BCUT2D eigenvalue weighted by Gasteiger charge is -2.13. The first-order valence-corrected chi connectivity index (χ1v) is 7.37. The van der Waals surface area contributed by atoms with Crippen molar-refractivity contribution in [3.8, 4) is 5.75 Å². The van der Waals surface area contributed by atoms with Crippen LogP contribution in [0.15, 0.2) is 40.9 Å². The molecular weight excluding hydrogens is 276 g/mol. The van der Waals surface area contributed by atoms with Gasteiger partial charge in [-0.2, -0.15) is 0 Å². The Balaban J connectivity index is 1.84. The maximum Gasteiger partial charge on any atom is 0.138 e. The molecule has 0 aliphatic rings. The Kier molecular flexibility index (Phi) is 4.11. The molecule has 0 aliphatic carbocycles. The predicted molar refractivity (Wildman–Crippen MR) is 87.0 cm³/mol. The molecule has 0 bridgehead atoms. The summed E-state index contributed by atoms with van der Waals surface area (Å²) in [5, 5.41) is 9.89. The van der Waals surface area contributed by atoms with Crippen LogP contribution in [0.2, 0.25) is 0 Å². The highest BCUT2D eigenvalue weighted by Gasteiger charge is 2.11. The Morgan fingerprint density at radius 1 is 1.05 bits per heavy atom. The zero-order valence-electron chi connectivity index (χ0n) is 13.1. The molecule has 4 nitrogen and oxygen atoms in total. The van der Waals surface area contributed by atoms with E-state index in [0.29, 0.717) is 0 Å². The summed E-state index contributed by atoms with van der Waals surface area (Å²) < 4.78 is 10.7. The lowest BCUT2D eigenvalue weighted by atomic mass is 10.0. The van der Waals surface area contributed by atoms with Crippen molar-refractivity contribution in [1.29, 1.82) is 0 Å². The van der Waals surface area contributed by atoms with Crippen LogP contribution in [0.3, 0.4) is 0 Å². The van der Waals surface area contributed by atoms with Gasteiger partial charge in [0, 0.05) is 24.2 Å². The van der Waals surface area contributed by atoms with Gasteiger partial charge in [-0.15, -0.1) is 0 Å². The van der Waals surface area contributed by atoms with Gasteiger partial charge in [0.2, 0.25) is 0 Å². The molecule has 0 spiro atoms. The summed E-state index contributed by atoms with van der Waals surface area (Å²) in [7, 11) is 1.71. The minimum absolute atomic E-state index is 0.730. The molecule has 0 aliphatic heterocycles. The largest absolute Gasteiger partial charge is 0.496 e. The predicted octanol–water partition coefficient (Wildman–Crippen LogP) is 3.74. The molecule has 3 rings (SSSR count). The molecule has 0 amide bonds. The average molecular weight is 296 g/mol. The highest BCUT2D eigenvalue weighted by Crippen LogP contribution is 2.28. The molecule has 4 heteroatoms. The lowest BCUT2D eigenvalue weighted by molar-refractivity contribution is 0.391. The van der Waals surface area contributed by atoms with Gasteiger partial charge in [-0.3, -0.25) is 0 Å². The van der Waals surface area contributed by atoms with Crippen LogP contribution in [-0.4, -0.2) is 12.3 Å². The van der Waals surface area contributed by atoms with Gasteiger partial charge in [-0.05, 0) is 30.7 Å². The minimum atomic E-state index is 0.730. The molecule has 2 aromatic carbocycles. The first kappa shape index (κ1) is 14.6. The van der Waals surface area contributed by atoms with Gasteiger partial charge in [0.1, 0.15) is 11.5 Å². The first-order chi connectivity index (χ1) is 10.7. The van der Waals surface area contributed by atoms with Crippen LogP contribution < -0.4 is 10.1 Å². The minimum Gasteiger partial charge on any atom is -0.496 e. The van der Waals surface area contributed by atoms with Crippen molar-refractivity contribution in [2.24, 2.45) is 0 Å². The molecule has 0 fully saturated rings. The number of aryl methyl sites for hydroxylation is 2. The van der Waals surface area contributed by atoms with Crippen LogP contribution in [0.4, 0.5) is 0 Å². The standard InChI is InChI=1S/C18H20N2O2/c1-12-16(13(2)22-20-12)10-19-11-17-15-7-5-4-6-14(15)8-9-18(17)21-3/h4-9,19H,10-11H2,1-3H3. The number of ether oxygens (including phenoxy) is 1. The van der Waals surface area contributed by atoms with E-state index in [1.807, 2.05) is 19.9 Å². The van der Waals surface area contributed by atoms with Crippen LogP contribution in [0.5, 0.6) is 5.75 Å². The molecular formula is C18H20N2O2. The summed E-state index contributed by atoms with van der Waals surface area (Å²) in [6.45, 7) is 5.36. The quantitative estimate of drug-likeness (QED) is 0.779. The average Bonchev–Trinajstić information content (AvgIpc) is 2.86. The molecule has 114 valence electrons. The highest BCUT2D eigenvalue weighted by atomic mass is 16.5. The van der Waals surface area contributed by atoms with E-state index >= 15 is 0 Å². The summed E-state index contributed by atoms with van der Waals surface area (Å²) >= 11 is 0. The normalized spacial score (nSPS) is 11.0. The number of aromatic nitrogens is 1. The molecule has 0 atom stereocenters. The van der Waals surface area contributed by atoms with Gasteiger partial charge in [0.25, 0.3) is 0 Å². The van der Waals surface area contributed by atoms with Crippen LogP contribution in [0, 0.1) is 13.8 Å². The Labute approximate surface area is 130 Å². The fraction of sp³-hybridized carbons (Fsp3) is 0.278. The zero-order valence-corrected chi connectivity index (χ0v) is 13.1. The number of hydrogen-bond donors (Lipinski definition) is 1. The Morgan fingerprint density at radius 2 is 1.82 bits per heavy atom. The molecule has 0 saturated carbocycles. The molecule has 22 heavy (non-hydrogen) atoms. The van der Waals surface area contributed by atoms with Gasteiger partial charge in [0.15, 0.2) is 0 Å². The van der Waals surface area contributed by atoms with Crippen molar-refractivity contribution in [2.75, 3.05) is 7.11 Å². The van der Waals surface area contributed by atoms with Gasteiger partial charge in [-0.1, -0.05) is 35.5 Å². The van der Waals surface area contributed by atoms with E-state index in [4.69, 9.17) is 9.26 Å². The van der Waals surface area contributed by atoms with Gasteiger partial charge in [0.05, 0.1) is 12.8 Å². The van der Waals surface area contributed by atoms with E-state index in [2.05, 4.69) is 40.8 Å². The summed E-state index contributed by atoms with van der Waals surface area (Å²) in [6, 6.07) is 12.5. The summed E-state index contributed by atoms with van der Waals surface area (Å²) in [6.07, 6.45) is 0. The molecule has 3 aromatic rings. The van der Waals surface area contributed by atoms with Crippen molar-refractivity contribution in [3.63, 3.8) is 0 Å². The maximum absolute atomic E-state index is 5.52. The van der Waals surface area contributed by atoms with E-state index in [-0.39, 0.29) is 0 Å². The molecule has 0 saturated heterocycles. The van der Waals surface area contributed by atoms with Crippen LogP contribution in [0.25, 0.3) is 10.8 Å². The number of fused-ring (bicyclic) bond motifs is 1. The second-order valence-electron chi connectivity index (χ2n) is 5.37. The molecule has 0 unspecified atom stereocenters. The van der Waals surface area contributed by atoms with Crippen molar-refractivity contribution in [2.45, 2.75) is 26.9 Å². The SMILES string of the molecule is COc1ccc2ccccc2c1CNCc1c(C)noc1C. The number of rotatable bonds is 5. The zero-order chi connectivity index (χ0) is 15.5. The smallest absolute Gasteiger partial charge is 0.138 e. The fourth-order valence-corrected chi connectivity index (χ4v) is 2.76. The molecule has 1 N–H and O–H groups in total. The van der Waals surface area contributed by atoms with Gasteiger partial charge < -0.3 is 14.6 Å². The van der Waals surface area contributed by atoms with Gasteiger partial charge >= 0.3 is 0 Å². The Hall–Kier alpha value is -2.33. The first-order valence-electron chi connectivity index (χ1n) is 7.37. The number of benzene rings is 2. The summed E-state index contributed by atoms with van der Waals surface area (Å²) in [5.74, 6) is 1.78. The third-order valence-electron chi connectivity index (χ3n) is 4.00. The molecule has 1 heterocycles. The van der Waals surface area contributed by atoms with Crippen LogP contribution in [0.1, 0.15) is 22.6 Å². The molecule has 0 radical (unpaired) electrons. The monoisotopic (exact) mass is 296 g/mol. The van der Waals surface area contributed by atoms with E-state index in [0.717, 1.165) is 35.9 Å². The summed E-state index contributed by atoms with van der Waals surface area (Å²) in [4.78, 5) is 0. The van der Waals surface area contributed by atoms with Gasteiger partial charge in [-0.25, -0.2) is 0 Å². The number of methoxy groups -OCH3 is 1. The van der Waals surface area contributed by atoms with E-state index in [1.54, 1.807) is 7.11 Å². The van der Waals surface area contributed by atoms with Crippen LogP contribution in [-0.2, 0) is 13.1 Å². The van der Waals surface area contributed by atoms with Crippen molar-refractivity contribution in [1.82, 2.24) is 10.5 Å². The van der Waals surface area contributed by atoms with E-state index in [1.165, 1.54) is 16.3 Å². The van der Waals surface area contributed by atoms with Crippen molar-refractivity contribution in [3.05, 3.63) is 59.0 Å². The van der Waals surface area contributed by atoms with E-state index < -0.39 is 0 Å². The van der Waals surface area contributed by atoms with Crippen molar-refractivity contribution >= 4 is 10.8 Å². The number of nitrogens with one attached hydrogen (secondary N) is 1. The third-order valence-corrected chi connectivity index (χ3v) is 4.00. The molecule has 1 aromatic heterocycles. The fourth-order valence-electron chi connectivity index (χ4n) is 2.76. The Bertz CT molecular complexity index is 773. The number of hydrogen-bond acceptors (Lipinski definition) is 4. The second kappa shape index (κ2) is 6.20. The van der Waals surface area contributed by atoms with E-state index in [9.17, 15) is 0 Å². The topological polar surface area (TPSA) is 47.3 Å². The van der Waals surface area contributed by atoms with Crippen LogP contribution >= 0.6 is 0 Å². The number of nitrogens with zero attached hydrogens (tertiary/aromatic N) is 1. The highest BCUT2D eigenvalue weighted by molar-refractivity contribution is 5.87.